The summed E-state index contributed by atoms with van der Waals surface area (Å²) >= 11 is 0. The smallest absolute Gasteiger partial charge is 0.182 e. The van der Waals surface area contributed by atoms with Gasteiger partial charge in [0, 0.05) is 5.92 Å². The molecule has 1 aliphatic carbocycles. The summed E-state index contributed by atoms with van der Waals surface area (Å²) in [4.78, 5) is 0.415. The van der Waals surface area contributed by atoms with Crippen molar-refractivity contribution in [3.8, 4) is 5.75 Å². The van der Waals surface area contributed by atoms with Crippen LogP contribution < -0.4 is 4.74 Å². The Morgan fingerprint density at radius 3 is 2.14 bits per heavy atom. The van der Waals surface area contributed by atoms with Gasteiger partial charge in [-0.15, -0.1) is 0 Å². The van der Waals surface area contributed by atoms with E-state index in [0.29, 0.717) is 4.90 Å². The maximum Gasteiger partial charge on any atom is 0.182 e. The molecule has 0 N–H and O–H groups in total. The van der Waals surface area contributed by atoms with Gasteiger partial charge in [0.05, 0.1) is 17.3 Å². The molecule has 0 aromatic heterocycles. The lowest BCUT2D eigenvalue weighted by molar-refractivity contribution is 0.414. The molecule has 0 saturated heterocycles. The number of hydrogen-bond acceptors (Lipinski definition) is 3. The summed E-state index contributed by atoms with van der Waals surface area (Å²) in [6, 6.07) is 16.4. The lowest BCUT2D eigenvalue weighted by atomic mass is 10.1. The molecule has 1 aliphatic rings. The molecule has 3 atom stereocenters. The maximum atomic E-state index is 12.7. The zero-order chi connectivity index (χ0) is 15.0. The zero-order valence-electron chi connectivity index (χ0n) is 12.1. The summed E-state index contributed by atoms with van der Waals surface area (Å²) in [7, 11) is -1.64. The van der Waals surface area contributed by atoms with E-state index in [9.17, 15) is 8.42 Å². The van der Waals surface area contributed by atoms with Gasteiger partial charge in [0.2, 0.25) is 0 Å². The Labute approximate surface area is 125 Å². The molecule has 0 spiro atoms. The summed E-state index contributed by atoms with van der Waals surface area (Å²) in [5.74, 6) is 0.999. The first-order chi connectivity index (χ1) is 10.1. The molecular weight excluding hydrogens is 284 g/mol. The Kier molecular flexibility index (Phi) is 3.49. The van der Waals surface area contributed by atoms with E-state index in [-0.39, 0.29) is 17.1 Å². The second-order valence-electron chi connectivity index (χ2n) is 5.48. The highest BCUT2D eigenvalue weighted by atomic mass is 32.2. The van der Waals surface area contributed by atoms with Crippen LogP contribution in [0.3, 0.4) is 0 Å². The van der Waals surface area contributed by atoms with Crippen LogP contribution in [0.5, 0.6) is 5.75 Å². The summed E-state index contributed by atoms with van der Waals surface area (Å²) in [5, 5.41) is -0.326. The molecular formula is C17H18O3S. The van der Waals surface area contributed by atoms with Crippen LogP contribution in [0.4, 0.5) is 0 Å². The minimum Gasteiger partial charge on any atom is -0.497 e. The molecule has 110 valence electrons. The third kappa shape index (κ3) is 2.44. The van der Waals surface area contributed by atoms with E-state index in [1.807, 2.05) is 37.3 Å². The quantitative estimate of drug-likeness (QED) is 0.870. The van der Waals surface area contributed by atoms with Crippen LogP contribution in [0, 0.1) is 5.92 Å². The molecule has 21 heavy (non-hydrogen) atoms. The standard InChI is InChI=1S/C17H18O3S/c1-12-16(13-8-10-14(20-2)11-9-13)17(12)21(18,19)15-6-4-3-5-7-15/h3-12,16-17H,1-2H3/t12-,16+,17-/m1/s1. The van der Waals surface area contributed by atoms with Crippen LogP contribution in [0.25, 0.3) is 0 Å². The van der Waals surface area contributed by atoms with E-state index < -0.39 is 9.84 Å². The second-order valence-corrected chi connectivity index (χ2v) is 7.59. The van der Waals surface area contributed by atoms with Crippen LogP contribution in [-0.2, 0) is 9.84 Å². The highest BCUT2D eigenvalue weighted by Crippen LogP contribution is 2.53. The van der Waals surface area contributed by atoms with E-state index in [1.54, 1.807) is 31.4 Å². The van der Waals surface area contributed by atoms with E-state index in [2.05, 4.69) is 0 Å². The fourth-order valence-corrected chi connectivity index (χ4v) is 5.27. The maximum absolute atomic E-state index is 12.7. The first kappa shape index (κ1) is 14.1. The van der Waals surface area contributed by atoms with Crippen molar-refractivity contribution in [1.29, 1.82) is 0 Å². The molecule has 0 aliphatic heterocycles. The van der Waals surface area contributed by atoms with Crippen LogP contribution in [-0.4, -0.2) is 20.8 Å². The van der Waals surface area contributed by atoms with Crippen molar-refractivity contribution in [3.05, 3.63) is 60.2 Å². The minimum absolute atomic E-state index is 0.0705. The van der Waals surface area contributed by atoms with E-state index in [0.717, 1.165) is 11.3 Å². The Morgan fingerprint density at radius 2 is 1.57 bits per heavy atom. The van der Waals surface area contributed by atoms with Crippen molar-refractivity contribution in [1.82, 2.24) is 0 Å². The lowest BCUT2D eigenvalue weighted by Crippen LogP contribution is -2.10. The van der Waals surface area contributed by atoms with Gasteiger partial charge in [-0.3, -0.25) is 0 Å². The first-order valence-corrected chi connectivity index (χ1v) is 8.53. The predicted octanol–water partition coefficient (Wildman–Crippen LogP) is 3.27. The number of benzene rings is 2. The summed E-state index contributed by atoms with van der Waals surface area (Å²) in [6.45, 7) is 2.00. The third-order valence-corrected chi connectivity index (χ3v) is 6.60. The van der Waals surface area contributed by atoms with E-state index >= 15 is 0 Å². The van der Waals surface area contributed by atoms with Crippen LogP contribution in [0.15, 0.2) is 59.5 Å². The van der Waals surface area contributed by atoms with Gasteiger partial charge in [-0.05, 0) is 35.7 Å². The van der Waals surface area contributed by atoms with Crippen LogP contribution in [0.1, 0.15) is 18.4 Å². The summed E-state index contributed by atoms with van der Waals surface area (Å²) in [6.07, 6.45) is 0. The molecule has 0 bridgehead atoms. The predicted molar refractivity (Wildman–Crippen MR) is 82.3 cm³/mol. The molecule has 0 radical (unpaired) electrons. The molecule has 2 aromatic rings. The number of sulfone groups is 1. The molecule has 0 amide bonds. The highest BCUT2D eigenvalue weighted by Gasteiger charge is 2.56. The van der Waals surface area contributed by atoms with Crippen molar-refractivity contribution >= 4 is 9.84 Å². The van der Waals surface area contributed by atoms with Gasteiger partial charge in [0.1, 0.15) is 5.75 Å². The number of hydrogen-bond donors (Lipinski definition) is 0. The Morgan fingerprint density at radius 1 is 0.952 bits per heavy atom. The van der Waals surface area contributed by atoms with Gasteiger partial charge in [0.25, 0.3) is 0 Å². The summed E-state index contributed by atoms with van der Waals surface area (Å²) < 4.78 is 30.5. The Bertz CT molecular complexity index is 720. The first-order valence-electron chi connectivity index (χ1n) is 6.98. The molecule has 3 rings (SSSR count). The molecule has 1 saturated carbocycles. The van der Waals surface area contributed by atoms with E-state index in [4.69, 9.17) is 4.74 Å². The van der Waals surface area contributed by atoms with Gasteiger partial charge in [-0.1, -0.05) is 37.3 Å². The van der Waals surface area contributed by atoms with Crippen molar-refractivity contribution in [2.75, 3.05) is 7.11 Å². The van der Waals surface area contributed by atoms with Crippen molar-refractivity contribution in [3.63, 3.8) is 0 Å². The molecule has 4 heteroatoms. The zero-order valence-corrected chi connectivity index (χ0v) is 12.9. The molecule has 0 unspecified atom stereocenters. The van der Waals surface area contributed by atoms with Crippen LogP contribution in [0.2, 0.25) is 0 Å². The lowest BCUT2D eigenvalue weighted by Gasteiger charge is -2.05. The van der Waals surface area contributed by atoms with Gasteiger partial charge in [0.15, 0.2) is 9.84 Å². The van der Waals surface area contributed by atoms with Crippen molar-refractivity contribution < 1.29 is 13.2 Å². The normalized spacial score (nSPS) is 24.6. The average molecular weight is 302 g/mol. The molecule has 0 heterocycles. The number of ether oxygens (including phenoxy) is 1. The fourth-order valence-electron chi connectivity index (χ4n) is 2.99. The number of rotatable bonds is 4. The molecule has 3 nitrogen and oxygen atoms in total. The Balaban J connectivity index is 1.88. The van der Waals surface area contributed by atoms with Gasteiger partial charge < -0.3 is 4.74 Å². The Hall–Kier alpha value is -1.81. The SMILES string of the molecule is COc1ccc([C@@H]2[C@@H](C)[C@H]2S(=O)(=O)c2ccccc2)cc1. The minimum atomic E-state index is -3.26. The number of methoxy groups -OCH3 is 1. The largest absolute Gasteiger partial charge is 0.497 e. The topological polar surface area (TPSA) is 43.4 Å². The molecule has 1 fully saturated rings. The van der Waals surface area contributed by atoms with Crippen LogP contribution >= 0.6 is 0 Å². The van der Waals surface area contributed by atoms with Gasteiger partial charge in [-0.25, -0.2) is 8.42 Å². The monoisotopic (exact) mass is 302 g/mol. The summed E-state index contributed by atoms with van der Waals surface area (Å²) in [5.41, 5.74) is 1.06. The second kappa shape index (κ2) is 5.19. The fraction of sp³-hybridized carbons (Fsp3) is 0.294. The van der Waals surface area contributed by atoms with Crippen molar-refractivity contribution in [2.24, 2.45) is 5.92 Å². The van der Waals surface area contributed by atoms with Gasteiger partial charge >= 0.3 is 0 Å². The highest BCUT2D eigenvalue weighted by molar-refractivity contribution is 7.92. The van der Waals surface area contributed by atoms with Crippen molar-refractivity contribution in [2.45, 2.75) is 23.0 Å². The van der Waals surface area contributed by atoms with Gasteiger partial charge in [-0.2, -0.15) is 0 Å². The third-order valence-electron chi connectivity index (χ3n) is 4.23. The average Bonchev–Trinajstić information content (AvgIpc) is 3.20. The molecule has 2 aromatic carbocycles. The van der Waals surface area contributed by atoms with E-state index in [1.165, 1.54) is 0 Å².